The Hall–Kier alpha value is -2.25. The lowest BCUT2D eigenvalue weighted by molar-refractivity contribution is -0.123. The predicted molar refractivity (Wildman–Crippen MR) is 120 cm³/mol. The Morgan fingerprint density at radius 1 is 1.23 bits per heavy atom. The number of rotatable bonds is 9. The lowest BCUT2D eigenvalue weighted by Gasteiger charge is -2.30. The van der Waals surface area contributed by atoms with Crippen LogP contribution in [0.1, 0.15) is 55.7 Å². The van der Waals surface area contributed by atoms with E-state index in [1.807, 2.05) is 17.5 Å². The molecule has 2 N–H and O–H groups in total. The molecule has 0 saturated carbocycles. The van der Waals surface area contributed by atoms with Crippen molar-refractivity contribution in [1.29, 1.82) is 0 Å². The highest BCUT2D eigenvalue weighted by atomic mass is 32.1. The lowest BCUT2D eigenvalue weighted by atomic mass is 9.85. The van der Waals surface area contributed by atoms with Crippen LogP contribution in [0.4, 0.5) is 4.39 Å². The number of likely N-dealkylation sites (tertiary alicyclic amines) is 1. The molecule has 2 aromatic rings. The van der Waals surface area contributed by atoms with Gasteiger partial charge in [0.05, 0.1) is 6.04 Å². The molecule has 2 saturated heterocycles. The van der Waals surface area contributed by atoms with Gasteiger partial charge in [0.2, 0.25) is 11.8 Å². The maximum atomic E-state index is 13.4. The molecule has 0 radical (unpaired) electrons. The molecule has 0 spiro atoms. The molecular weight excluding hydrogens is 413 g/mol. The van der Waals surface area contributed by atoms with Crippen molar-refractivity contribution in [3.05, 3.63) is 58.0 Å². The van der Waals surface area contributed by atoms with Crippen LogP contribution in [-0.2, 0) is 16.0 Å². The zero-order chi connectivity index (χ0) is 21.7. The van der Waals surface area contributed by atoms with Gasteiger partial charge in [-0.05, 0) is 85.3 Å². The van der Waals surface area contributed by atoms with Crippen LogP contribution in [0.15, 0.2) is 41.1 Å². The van der Waals surface area contributed by atoms with Crippen LogP contribution < -0.4 is 10.6 Å². The van der Waals surface area contributed by atoms with Gasteiger partial charge in [-0.15, -0.1) is 0 Å². The van der Waals surface area contributed by atoms with Crippen molar-refractivity contribution >= 4 is 23.2 Å². The van der Waals surface area contributed by atoms with E-state index in [1.165, 1.54) is 17.7 Å². The van der Waals surface area contributed by atoms with Crippen molar-refractivity contribution in [2.24, 2.45) is 0 Å². The van der Waals surface area contributed by atoms with E-state index in [4.69, 9.17) is 0 Å². The first-order valence-electron chi connectivity index (χ1n) is 11.1. The van der Waals surface area contributed by atoms with Gasteiger partial charge in [0.15, 0.2) is 0 Å². The SMILES string of the molecule is O=C(CCC1(Cc2ccsc2)CCC(=O)N1)NCC(c1ccc(F)cc1)N1CCCC1. The number of hydrogen-bond donors (Lipinski definition) is 2. The number of carbonyl (C=O) groups is 2. The van der Waals surface area contributed by atoms with Crippen LogP contribution >= 0.6 is 11.3 Å². The van der Waals surface area contributed by atoms with E-state index in [0.717, 1.165) is 44.3 Å². The number of benzene rings is 1. The summed E-state index contributed by atoms with van der Waals surface area (Å²) in [6, 6.07) is 8.73. The number of hydrogen-bond acceptors (Lipinski definition) is 4. The minimum atomic E-state index is -0.333. The van der Waals surface area contributed by atoms with Crippen LogP contribution in [0.25, 0.3) is 0 Å². The molecule has 2 fully saturated rings. The number of amides is 2. The van der Waals surface area contributed by atoms with Crippen LogP contribution in [0.5, 0.6) is 0 Å². The van der Waals surface area contributed by atoms with Crippen molar-refractivity contribution in [3.63, 3.8) is 0 Å². The summed E-state index contributed by atoms with van der Waals surface area (Å²) in [6.07, 6.45) is 5.36. The van der Waals surface area contributed by atoms with Crippen molar-refractivity contribution in [2.75, 3.05) is 19.6 Å². The molecule has 2 amide bonds. The topological polar surface area (TPSA) is 61.4 Å². The fourth-order valence-corrected chi connectivity index (χ4v) is 5.48. The standard InChI is InChI=1S/C24H30FN3O2S/c25-20-5-3-19(4-6-20)21(28-12-1-2-13-28)16-26-22(29)7-10-24(11-8-23(30)27-24)15-18-9-14-31-17-18/h3-6,9,14,17,21H,1-2,7-8,10-13,15-16H2,(H,26,29)(H,27,30). The third-order valence-electron chi connectivity index (χ3n) is 6.52. The van der Waals surface area contributed by atoms with Crippen molar-refractivity contribution in [2.45, 2.75) is 56.5 Å². The van der Waals surface area contributed by atoms with Gasteiger partial charge in [0.1, 0.15) is 5.82 Å². The van der Waals surface area contributed by atoms with Crippen LogP contribution in [0, 0.1) is 5.82 Å². The van der Waals surface area contributed by atoms with Gasteiger partial charge in [-0.25, -0.2) is 4.39 Å². The average molecular weight is 444 g/mol. The van der Waals surface area contributed by atoms with Gasteiger partial charge in [0, 0.05) is 24.9 Å². The first-order chi connectivity index (χ1) is 15.0. The highest BCUT2D eigenvalue weighted by Gasteiger charge is 2.38. The van der Waals surface area contributed by atoms with Crippen LogP contribution in [-0.4, -0.2) is 41.9 Å². The zero-order valence-electron chi connectivity index (χ0n) is 17.7. The molecule has 166 valence electrons. The second-order valence-electron chi connectivity index (χ2n) is 8.75. The van der Waals surface area contributed by atoms with E-state index in [0.29, 0.717) is 25.8 Å². The zero-order valence-corrected chi connectivity index (χ0v) is 18.6. The van der Waals surface area contributed by atoms with Crippen LogP contribution in [0.2, 0.25) is 0 Å². The van der Waals surface area contributed by atoms with Crippen molar-refractivity contribution in [3.8, 4) is 0 Å². The fourth-order valence-electron chi connectivity index (χ4n) is 4.81. The molecule has 2 atom stereocenters. The first-order valence-corrected chi connectivity index (χ1v) is 12.1. The van der Waals surface area contributed by atoms with E-state index in [9.17, 15) is 14.0 Å². The Bertz CT molecular complexity index is 881. The van der Waals surface area contributed by atoms with Gasteiger partial charge in [-0.1, -0.05) is 12.1 Å². The van der Waals surface area contributed by atoms with E-state index in [1.54, 1.807) is 11.3 Å². The summed E-state index contributed by atoms with van der Waals surface area (Å²) in [6.45, 7) is 2.50. The quantitative estimate of drug-likeness (QED) is 0.620. The summed E-state index contributed by atoms with van der Waals surface area (Å²) in [5.74, 6) is -0.180. The van der Waals surface area contributed by atoms with Gasteiger partial charge in [-0.2, -0.15) is 11.3 Å². The number of nitrogens with zero attached hydrogens (tertiary/aromatic N) is 1. The summed E-state index contributed by atoms with van der Waals surface area (Å²) in [5.41, 5.74) is 1.90. The summed E-state index contributed by atoms with van der Waals surface area (Å²) in [7, 11) is 0. The predicted octanol–water partition coefficient (Wildman–Crippen LogP) is 3.81. The minimum absolute atomic E-state index is 0.00264. The van der Waals surface area contributed by atoms with E-state index in [2.05, 4.69) is 27.0 Å². The highest BCUT2D eigenvalue weighted by molar-refractivity contribution is 7.07. The molecular formula is C24H30FN3O2S. The molecule has 2 aliphatic heterocycles. The van der Waals surface area contributed by atoms with Gasteiger partial charge >= 0.3 is 0 Å². The van der Waals surface area contributed by atoms with Gasteiger partial charge in [-0.3, -0.25) is 14.5 Å². The first kappa shape index (κ1) is 22.0. The molecule has 7 heteroatoms. The summed E-state index contributed by atoms with van der Waals surface area (Å²) < 4.78 is 13.4. The van der Waals surface area contributed by atoms with Crippen molar-refractivity contribution in [1.82, 2.24) is 15.5 Å². The Labute approximate surface area is 187 Å². The number of halogens is 1. The van der Waals surface area contributed by atoms with Gasteiger partial charge < -0.3 is 10.6 Å². The highest BCUT2D eigenvalue weighted by Crippen LogP contribution is 2.30. The van der Waals surface area contributed by atoms with Gasteiger partial charge in [0.25, 0.3) is 0 Å². The monoisotopic (exact) mass is 443 g/mol. The Morgan fingerprint density at radius 3 is 2.65 bits per heavy atom. The van der Waals surface area contributed by atoms with E-state index in [-0.39, 0.29) is 29.2 Å². The number of carbonyl (C=O) groups excluding carboxylic acids is 2. The van der Waals surface area contributed by atoms with E-state index < -0.39 is 0 Å². The van der Waals surface area contributed by atoms with Crippen molar-refractivity contribution < 1.29 is 14.0 Å². The second kappa shape index (κ2) is 9.92. The third kappa shape index (κ3) is 5.71. The average Bonchev–Trinajstić information content (AvgIpc) is 3.52. The molecule has 0 bridgehead atoms. The summed E-state index contributed by atoms with van der Waals surface area (Å²) in [5, 5.41) is 10.4. The summed E-state index contributed by atoms with van der Waals surface area (Å²) in [4.78, 5) is 27.0. The smallest absolute Gasteiger partial charge is 0.220 e. The Balaban J connectivity index is 1.35. The largest absolute Gasteiger partial charge is 0.354 e. The molecule has 3 heterocycles. The molecule has 1 aromatic carbocycles. The summed E-state index contributed by atoms with van der Waals surface area (Å²) >= 11 is 1.65. The molecule has 2 unspecified atom stereocenters. The second-order valence-corrected chi connectivity index (χ2v) is 9.53. The molecule has 4 rings (SSSR count). The Morgan fingerprint density at radius 2 is 2.00 bits per heavy atom. The molecule has 0 aliphatic carbocycles. The van der Waals surface area contributed by atoms with E-state index >= 15 is 0 Å². The Kier molecular flexibility index (Phi) is 7.02. The molecule has 5 nitrogen and oxygen atoms in total. The maximum absolute atomic E-state index is 13.4. The molecule has 31 heavy (non-hydrogen) atoms. The van der Waals surface area contributed by atoms with Crippen LogP contribution in [0.3, 0.4) is 0 Å². The minimum Gasteiger partial charge on any atom is -0.354 e. The number of thiophene rings is 1. The number of nitrogens with one attached hydrogen (secondary N) is 2. The molecule has 1 aromatic heterocycles. The maximum Gasteiger partial charge on any atom is 0.220 e. The third-order valence-corrected chi connectivity index (χ3v) is 7.25. The molecule has 2 aliphatic rings. The lowest BCUT2D eigenvalue weighted by Crippen LogP contribution is -2.45. The fraction of sp³-hybridized carbons (Fsp3) is 0.500. The normalized spacial score (nSPS) is 22.4.